The SMILES string of the molecule is C[C@@H]1COCCN1c1cc2c3c(n1)c(-c1ccn[nH]1)nn3CCC(=O)N2CC1CC1. The summed E-state index contributed by atoms with van der Waals surface area (Å²) >= 11 is 0. The highest BCUT2D eigenvalue weighted by atomic mass is 16.5. The quantitative estimate of drug-likeness (QED) is 0.713. The minimum atomic E-state index is 0.170. The molecule has 156 valence electrons. The molecule has 1 N–H and O–H groups in total. The van der Waals surface area contributed by atoms with E-state index in [-0.39, 0.29) is 11.9 Å². The van der Waals surface area contributed by atoms with E-state index in [2.05, 4.69) is 28.1 Å². The molecule has 30 heavy (non-hydrogen) atoms. The molecule has 2 fully saturated rings. The van der Waals surface area contributed by atoms with Gasteiger partial charge in [0.15, 0.2) is 0 Å². The minimum absolute atomic E-state index is 0.170. The Morgan fingerprint density at radius 3 is 2.97 bits per heavy atom. The van der Waals surface area contributed by atoms with Gasteiger partial charge in [-0.2, -0.15) is 10.2 Å². The Morgan fingerprint density at radius 1 is 1.30 bits per heavy atom. The molecule has 3 aliphatic rings. The summed E-state index contributed by atoms with van der Waals surface area (Å²) < 4.78 is 7.58. The third-order valence-corrected chi connectivity index (χ3v) is 6.35. The van der Waals surface area contributed by atoms with Crippen molar-refractivity contribution in [3.63, 3.8) is 0 Å². The van der Waals surface area contributed by atoms with Crippen molar-refractivity contribution in [1.82, 2.24) is 25.0 Å². The van der Waals surface area contributed by atoms with Gasteiger partial charge in [0.05, 0.1) is 37.2 Å². The second-order valence-electron chi connectivity index (χ2n) is 8.55. The van der Waals surface area contributed by atoms with Crippen molar-refractivity contribution in [3.8, 4) is 11.4 Å². The number of ether oxygens (including phenoxy) is 1. The number of anilines is 2. The van der Waals surface area contributed by atoms with Crippen LogP contribution in [-0.4, -0.2) is 63.2 Å². The number of rotatable bonds is 4. The van der Waals surface area contributed by atoms with E-state index in [1.165, 1.54) is 12.8 Å². The molecule has 1 saturated heterocycles. The normalized spacial score (nSPS) is 22.0. The van der Waals surface area contributed by atoms with Crippen LogP contribution in [0.4, 0.5) is 11.5 Å². The maximum absolute atomic E-state index is 13.1. The van der Waals surface area contributed by atoms with Gasteiger partial charge in [0.2, 0.25) is 5.91 Å². The van der Waals surface area contributed by atoms with Crippen LogP contribution >= 0.6 is 0 Å². The van der Waals surface area contributed by atoms with Crippen molar-refractivity contribution in [2.45, 2.75) is 38.8 Å². The molecule has 0 aromatic carbocycles. The zero-order valence-electron chi connectivity index (χ0n) is 17.0. The van der Waals surface area contributed by atoms with Crippen molar-refractivity contribution < 1.29 is 9.53 Å². The highest BCUT2D eigenvalue weighted by Gasteiger charge is 2.34. The molecule has 1 atom stereocenters. The molecule has 9 heteroatoms. The topological polar surface area (TPSA) is 92.2 Å². The first-order chi connectivity index (χ1) is 14.7. The van der Waals surface area contributed by atoms with E-state index < -0.39 is 0 Å². The number of aromatic nitrogens is 5. The summed E-state index contributed by atoms with van der Waals surface area (Å²) in [7, 11) is 0. The fraction of sp³-hybridized carbons (Fsp3) is 0.524. The third kappa shape index (κ3) is 2.87. The second-order valence-corrected chi connectivity index (χ2v) is 8.55. The van der Waals surface area contributed by atoms with Gasteiger partial charge in [-0.25, -0.2) is 4.98 Å². The first-order valence-corrected chi connectivity index (χ1v) is 10.7. The van der Waals surface area contributed by atoms with Gasteiger partial charge in [0.1, 0.15) is 22.5 Å². The summed E-state index contributed by atoms with van der Waals surface area (Å²) in [5.41, 5.74) is 4.32. The van der Waals surface area contributed by atoms with Gasteiger partial charge < -0.3 is 14.5 Å². The molecule has 0 radical (unpaired) electrons. The summed E-state index contributed by atoms with van der Waals surface area (Å²) in [6, 6.07) is 4.22. The van der Waals surface area contributed by atoms with Gasteiger partial charge in [-0.05, 0) is 31.7 Å². The molecule has 6 rings (SSSR count). The van der Waals surface area contributed by atoms with Crippen molar-refractivity contribution in [3.05, 3.63) is 18.3 Å². The number of nitrogens with zero attached hydrogens (tertiary/aromatic N) is 6. The van der Waals surface area contributed by atoms with E-state index in [0.29, 0.717) is 32.1 Å². The average Bonchev–Trinajstić information content (AvgIpc) is 3.30. The zero-order valence-corrected chi connectivity index (χ0v) is 17.0. The minimum Gasteiger partial charge on any atom is -0.377 e. The van der Waals surface area contributed by atoms with E-state index in [9.17, 15) is 4.79 Å². The predicted molar refractivity (Wildman–Crippen MR) is 112 cm³/mol. The lowest BCUT2D eigenvalue weighted by atomic mass is 10.2. The van der Waals surface area contributed by atoms with Gasteiger partial charge in [-0.3, -0.25) is 14.6 Å². The van der Waals surface area contributed by atoms with Crippen LogP contribution in [-0.2, 0) is 16.1 Å². The monoisotopic (exact) mass is 407 g/mol. The predicted octanol–water partition coefficient (Wildman–Crippen LogP) is 2.19. The van der Waals surface area contributed by atoms with E-state index in [4.69, 9.17) is 14.8 Å². The summed E-state index contributed by atoms with van der Waals surface area (Å²) in [5.74, 6) is 1.65. The van der Waals surface area contributed by atoms with Crippen molar-refractivity contribution >= 4 is 28.4 Å². The number of carbonyl (C=O) groups is 1. The highest BCUT2D eigenvalue weighted by Crippen LogP contribution is 2.40. The number of pyridine rings is 1. The molecule has 1 amide bonds. The zero-order chi connectivity index (χ0) is 20.2. The Hall–Kier alpha value is -2.94. The fourth-order valence-electron chi connectivity index (χ4n) is 4.53. The lowest BCUT2D eigenvalue weighted by Gasteiger charge is -2.35. The Morgan fingerprint density at radius 2 is 2.20 bits per heavy atom. The van der Waals surface area contributed by atoms with E-state index in [1.807, 2.05) is 15.6 Å². The second kappa shape index (κ2) is 6.80. The molecule has 0 spiro atoms. The molecule has 1 saturated carbocycles. The number of morpholine rings is 1. The Bertz CT molecular complexity index is 1100. The number of nitrogens with one attached hydrogen (secondary N) is 1. The van der Waals surface area contributed by atoms with Gasteiger partial charge in [-0.1, -0.05) is 0 Å². The van der Waals surface area contributed by atoms with Crippen LogP contribution in [0.25, 0.3) is 22.4 Å². The molecule has 0 unspecified atom stereocenters. The smallest absolute Gasteiger partial charge is 0.228 e. The van der Waals surface area contributed by atoms with Crippen molar-refractivity contribution in [2.75, 3.05) is 36.1 Å². The maximum Gasteiger partial charge on any atom is 0.228 e. The number of H-pyrrole nitrogens is 1. The van der Waals surface area contributed by atoms with Crippen molar-refractivity contribution in [1.29, 1.82) is 0 Å². The maximum atomic E-state index is 13.1. The van der Waals surface area contributed by atoms with Crippen molar-refractivity contribution in [2.24, 2.45) is 5.92 Å². The number of amides is 1. The Kier molecular flexibility index (Phi) is 4.05. The van der Waals surface area contributed by atoms with Crippen LogP contribution in [0, 0.1) is 5.92 Å². The molecular formula is C21H25N7O2. The number of aryl methyl sites for hydroxylation is 1. The van der Waals surface area contributed by atoms with E-state index in [1.54, 1.807) is 6.20 Å². The Balaban J connectivity index is 1.58. The number of hydrogen-bond acceptors (Lipinski definition) is 6. The van der Waals surface area contributed by atoms with E-state index in [0.717, 1.165) is 47.0 Å². The molecule has 9 nitrogen and oxygen atoms in total. The third-order valence-electron chi connectivity index (χ3n) is 6.35. The van der Waals surface area contributed by atoms with Gasteiger partial charge >= 0.3 is 0 Å². The summed E-state index contributed by atoms with van der Waals surface area (Å²) in [4.78, 5) is 22.4. The van der Waals surface area contributed by atoms with Crippen LogP contribution < -0.4 is 9.80 Å². The van der Waals surface area contributed by atoms with Gasteiger partial charge in [-0.15, -0.1) is 0 Å². The van der Waals surface area contributed by atoms with Gasteiger partial charge in [0, 0.05) is 31.8 Å². The number of aromatic amines is 1. The fourth-order valence-corrected chi connectivity index (χ4v) is 4.53. The molecule has 3 aromatic heterocycles. The first kappa shape index (κ1) is 17.9. The lowest BCUT2D eigenvalue weighted by Crippen LogP contribution is -2.44. The molecule has 0 bridgehead atoms. The summed E-state index contributed by atoms with van der Waals surface area (Å²) in [6.07, 6.45) is 4.57. The number of hydrogen-bond donors (Lipinski definition) is 1. The molecule has 3 aromatic rings. The number of carbonyl (C=O) groups excluding carboxylic acids is 1. The van der Waals surface area contributed by atoms with Crippen LogP contribution in [0.3, 0.4) is 0 Å². The standard InChI is InChI=1S/C21H25N7O2/c1-13-12-30-9-8-26(13)17-10-16-21-20(23-17)19(15-4-6-22-24-15)25-28(21)7-5-18(29)27(16)11-14-2-3-14/h4,6,10,13-14H,2-3,5,7-9,11-12H2,1H3,(H,22,24)/t13-/m1/s1. The largest absolute Gasteiger partial charge is 0.377 e. The average molecular weight is 407 g/mol. The summed E-state index contributed by atoms with van der Waals surface area (Å²) in [6.45, 7) is 5.62. The molecule has 2 aliphatic heterocycles. The first-order valence-electron chi connectivity index (χ1n) is 10.7. The van der Waals surface area contributed by atoms with Crippen LogP contribution in [0.1, 0.15) is 26.2 Å². The molecule has 1 aliphatic carbocycles. The highest BCUT2D eigenvalue weighted by molar-refractivity contribution is 6.06. The van der Waals surface area contributed by atoms with Gasteiger partial charge in [0.25, 0.3) is 0 Å². The van der Waals surface area contributed by atoms with Crippen LogP contribution in [0.2, 0.25) is 0 Å². The van der Waals surface area contributed by atoms with Crippen LogP contribution in [0.15, 0.2) is 18.3 Å². The molecule has 5 heterocycles. The van der Waals surface area contributed by atoms with E-state index >= 15 is 0 Å². The lowest BCUT2D eigenvalue weighted by molar-refractivity contribution is -0.118. The van der Waals surface area contributed by atoms with Crippen LogP contribution in [0.5, 0.6) is 0 Å². The molecular weight excluding hydrogens is 382 g/mol. The Labute approximate surface area is 174 Å². The summed E-state index contributed by atoms with van der Waals surface area (Å²) in [5, 5.41) is 12.0.